The molecule has 1 amide bonds. The Morgan fingerprint density at radius 2 is 1.93 bits per heavy atom. The van der Waals surface area contributed by atoms with E-state index in [-0.39, 0.29) is 11.7 Å². The van der Waals surface area contributed by atoms with Crippen molar-refractivity contribution in [3.63, 3.8) is 0 Å². The zero-order valence-electron chi connectivity index (χ0n) is 15.1. The maximum atomic E-state index is 12.5. The Bertz CT molecular complexity index is 1010. The van der Waals surface area contributed by atoms with Gasteiger partial charge in [0, 0.05) is 36.8 Å². The quantitative estimate of drug-likeness (QED) is 0.673. The molecule has 7 nitrogen and oxygen atoms in total. The van der Waals surface area contributed by atoms with Gasteiger partial charge in [-0.05, 0) is 29.8 Å². The van der Waals surface area contributed by atoms with Crippen LogP contribution in [0.25, 0.3) is 0 Å². The molecular formula is C19H19BrN4O3S. The lowest BCUT2D eigenvalue weighted by Crippen LogP contribution is -2.50. The number of hydrogen-bond donors (Lipinski definition) is 0. The third kappa shape index (κ3) is 5.30. The molecule has 0 bridgehead atoms. The Morgan fingerprint density at radius 1 is 1.18 bits per heavy atom. The summed E-state index contributed by atoms with van der Waals surface area (Å²) in [7, 11) is -3.55. The molecule has 0 N–H and O–H groups in total. The fraction of sp³-hybridized carbons (Fsp3) is 0.316. The number of carbonyl (C=O) groups is 1. The fourth-order valence-electron chi connectivity index (χ4n) is 3.06. The lowest BCUT2D eigenvalue weighted by atomic mass is 10.2. The number of pyridine rings is 1. The van der Waals surface area contributed by atoms with Crippen molar-refractivity contribution in [3.8, 4) is 6.07 Å². The van der Waals surface area contributed by atoms with Crippen LogP contribution >= 0.6 is 15.9 Å². The zero-order valence-corrected chi connectivity index (χ0v) is 17.5. The van der Waals surface area contributed by atoms with E-state index in [1.807, 2.05) is 11.0 Å². The summed E-state index contributed by atoms with van der Waals surface area (Å²) in [6, 6.07) is 12.5. The molecule has 0 saturated carbocycles. The lowest BCUT2D eigenvalue weighted by Gasteiger charge is -2.35. The summed E-state index contributed by atoms with van der Waals surface area (Å²) in [5, 5.41) is 9.00. The highest BCUT2D eigenvalue weighted by Gasteiger charge is 2.26. The van der Waals surface area contributed by atoms with Crippen LogP contribution in [0.4, 0.5) is 5.82 Å². The molecule has 2 aromatic rings. The second-order valence-corrected chi connectivity index (χ2v) is 9.52. The van der Waals surface area contributed by atoms with Gasteiger partial charge in [-0.2, -0.15) is 5.26 Å². The van der Waals surface area contributed by atoms with Crippen LogP contribution in [0.3, 0.4) is 0 Å². The third-order valence-electron chi connectivity index (χ3n) is 4.45. The van der Waals surface area contributed by atoms with E-state index in [1.165, 1.54) is 0 Å². The number of piperazine rings is 1. The smallest absolute Gasteiger partial charge is 0.237 e. The van der Waals surface area contributed by atoms with Crippen LogP contribution in [-0.4, -0.2) is 56.1 Å². The molecule has 0 atom stereocenters. The van der Waals surface area contributed by atoms with Crippen LogP contribution in [0.5, 0.6) is 0 Å². The van der Waals surface area contributed by atoms with Crippen molar-refractivity contribution in [2.24, 2.45) is 0 Å². The molecule has 1 aromatic heterocycles. The van der Waals surface area contributed by atoms with Crippen LogP contribution < -0.4 is 4.90 Å². The van der Waals surface area contributed by atoms with Gasteiger partial charge in [0.2, 0.25) is 5.91 Å². The first-order valence-corrected chi connectivity index (χ1v) is 11.3. The standard InChI is InChI=1S/C19H19BrN4O3S/c20-17-3-1-2-16(10-17)13-28(26,27)14-19(25)24-8-6-23(7-9-24)18-11-15(12-21)4-5-22-18/h1-5,10-11H,6-9,13-14H2. The summed E-state index contributed by atoms with van der Waals surface area (Å²) in [6.45, 7) is 1.92. The maximum absolute atomic E-state index is 12.5. The molecule has 3 rings (SSSR count). The molecule has 0 spiro atoms. The lowest BCUT2D eigenvalue weighted by molar-refractivity contribution is -0.128. The van der Waals surface area contributed by atoms with Crippen molar-refractivity contribution in [1.29, 1.82) is 5.26 Å². The van der Waals surface area contributed by atoms with Crippen molar-refractivity contribution in [1.82, 2.24) is 9.88 Å². The van der Waals surface area contributed by atoms with E-state index >= 15 is 0 Å². The molecule has 1 fully saturated rings. The predicted molar refractivity (Wildman–Crippen MR) is 109 cm³/mol. The Kier molecular flexibility index (Phi) is 6.31. The molecule has 146 valence electrons. The van der Waals surface area contributed by atoms with E-state index in [4.69, 9.17) is 5.26 Å². The molecule has 1 aliphatic rings. The number of amides is 1. The van der Waals surface area contributed by atoms with Crippen LogP contribution in [-0.2, 0) is 20.4 Å². The van der Waals surface area contributed by atoms with Crippen LogP contribution in [0.2, 0.25) is 0 Å². The molecular weight excluding hydrogens is 444 g/mol. The number of halogens is 1. The molecule has 0 aliphatic carbocycles. The average molecular weight is 463 g/mol. The molecule has 28 heavy (non-hydrogen) atoms. The summed E-state index contributed by atoms with van der Waals surface area (Å²) >= 11 is 3.32. The highest BCUT2D eigenvalue weighted by molar-refractivity contribution is 9.10. The van der Waals surface area contributed by atoms with Gasteiger partial charge in [0.05, 0.1) is 17.4 Å². The van der Waals surface area contributed by atoms with Gasteiger partial charge in [-0.15, -0.1) is 0 Å². The minimum atomic E-state index is -3.55. The zero-order chi connectivity index (χ0) is 20.1. The molecule has 9 heteroatoms. The molecule has 0 unspecified atom stereocenters. The SMILES string of the molecule is N#Cc1ccnc(N2CCN(C(=O)CS(=O)(=O)Cc3cccc(Br)c3)CC2)c1. The van der Waals surface area contributed by atoms with Gasteiger partial charge in [-0.3, -0.25) is 4.79 Å². The minimum Gasteiger partial charge on any atom is -0.353 e. The number of nitriles is 1. The Hall–Kier alpha value is -2.44. The number of anilines is 1. The number of sulfone groups is 1. The second-order valence-electron chi connectivity index (χ2n) is 6.54. The van der Waals surface area contributed by atoms with Crippen LogP contribution in [0, 0.1) is 11.3 Å². The second kappa shape index (κ2) is 8.71. The first-order valence-electron chi connectivity index (χ1n) is 8.70. The highest BCUT2D eigenvalue weighted by Crippen LogP contribution is 2.17. The molecule has 2 heterocycles. The molecule has 1 saturated heterocycles. The first-order chi connectivity index (χ1) is 13.4. The van der Waals surface area contributed by atoms with Gasteiger partial charge in [0.25, 0.3) is 0 Å². The topological polar surface area (TPSA) is 94.4 Å². The molecule has 1 aromatic carbocycles. The van der Waals surface area contributed by atoms with Gasteiger partial charge in [-0.25, -0.2) is 13.4 Å². The van der Waals surface area contributed by atoms with E-state index in [0.29, 0.717) is 43.1 Å². The molecule has 1 aliphatic heterocycles. The fourth-order valence-corrected chi connectivity index (χ4v) is 4.85. The van der Waals surface area contributed by atoms with E-state index in [2.05, 4.69) is 27.0 Å². The van der Waals surface area contributed by atoms with Gasteiger partial charge in [0.15, 0.2) is 9.84 Å². The van der Waals surface area contributed by atoms with E-state index in [1.54, 1.807) is 41.4 Å². The number of hydrogen-bond acceptors (Lipinski definition) is 6. The van der Waals surface area contributed by atoms with Gasteiger partial charge in [-0.1, -0.05) is 28.1 Å². The molecule has 0 radical (unpaired) electrons. The Balaban J connectivity index is 1.56. The average Bonchev–Trinajstić information content (AvgIpc) is 2.67. The third-order valence-corrected chi connectivity index (χ3v) is 6.40. The van der Waals surface area contributed by atoms with Gasteiger partial charge in [0.1, 0.15) is 11.6 Å². The highest BCUT2D eigenvalue weighted by atomic mass is 79.9. The minimum absolute atomic E-state index is 0.164. The van der Waals surface area contributed by atoms with E-state index in [9.17, 15) is 13.2 Å². The maximum Gasteiger partial charge on any atom is 0.237 e. The first kappa shape index (κ1) is 20.3. The predicted octanol–water partition coefficient (Wildman–Crippen LogP) is 1.98. The Labute approximate surface area is 172 Å². The largest absolute Gasteiger partial charge is 0.353 e. The number of nitrogens with zero attached hydrogens (tertiary/aromatic N) is 4. The Morgan fingerprint density at radius 3 is 2.61 bits per heavy atom. The summed E-state index contributed by atoms with van der Waals surface area (Å²) in [6.07, 6.45) is 1.58. The number of aromatic nitrogens is 1. The van der Waals surface area contributed by atoms with Crippen LogP contribution in [0.15, 0.2) is 47.1 Å². The normalized spacial score (nSPS) is 14.6. The van der Waals surface area contributed by atoms with E-state index in [0.717, 1.165) is 4.47 Å². The van der Waals surface area contributed by atoms with Crippen LogP contribution in [0.1, 0.15) is 11.1 Å². The number of benzene rings is 1. The summed E-state index contributed by atoms with van der Waals surface area (Å²) in [5.41, 5.74) is 1.18. The van der Waals surface area contributed by atoms with Crippen molar-refractivity contribution in [3.05, 3.63) is 58.2 Å². The van der Waals surface area contributed by atoms with Gasteiger partial charge < -0.3 is 9.80 Å². The van der Waals surface area contributed by atoms with E-state index < -0.39 is 15.6 Å². The monoisotopic (exact) mass is 462 g/mol. The van der Waals surface area contributed by atoms with Crippen molar-refractivity contribution < 1.29 is 13.2 Å². The number of carbonyl (C=O) groups excluding carboxylic acids is 1. The summed E-state index contributed by atoms with van der Waals surface area (Å²) in [5.74, 6) is -0.355. The van der Waals surface area contributed by atoms with Crippen molar-refractivity contribution in [2.75, 3.05) is 36.8 Å². The van der Waals surface area contributed by atoms with Gasteiger partial charge >= 0.3 is 0 Å². The summed E-state index contributed by atoms with van der Waals surface area (Å²) in [4.78, 5) is 20.3. The van der Waals surface area contributed by atoms with Crippen molar-refractivity contribution >= 4 is 37.5 Å². The van der Waals surface area contributed by atoms with Crippen molar-refractivity contribution in [2.45, 2.75) is 5.75 Å². The number of rotatable bonds is 5. The summed E-state index contributed by atoms with van der Waals surface area (Å²) < 4.78 is 25.6.